The Morgan fingerprint density at radius 3 is 0.991 bits per heavy atom. The van der Waals surface area contributed by atoms with E-state index in [1.54, 1.807) is 0 Å². The van der Waals surface area contributed by atoms with Gasteiger partial charge in [0.05, 0.1) is 56.9 Å². The van der Waals surface area contributed by atoms with Crippen molar-refractivity contribution in [1.82, 2.24) is 19.9 Å². The number of aryl methyl sites for hydroxylation is 8. The van der Waals surface area contributed by atoms with Crippen LogP contribution in [0.5, 0.6) is 0 Å². The number of para-hydroxylation sites is 8. The molecule has 12 heterocycles. The van der Waals surface area contributed by atoms with Crippen LogP contribution >= 0.6 is 0 Å². The molecule has 0 saturated carbocycles. The smallest absolute Gasteiger partial charge is 0.227 e. The third kappa shape index (κ3) is 11.6. The van der Waals surface area contributed by atoms with Crippen LogP contribution < -0.4 is 39.2 Å². The first-order valence-electron chi connectivity index (χ1n) is 38.8. The van der Waals surface area contributed by atoms with Crippen molar-refractivity contribution in [1.29, 1.82) is 0 Å². The molecule has 4 unspecified atom stereocenters. The lowest BCUT2D eigenvalue weighted by atomic mass is 10.1. The average molecular weight is 1480 g/mol. The van der Waals surface area contributed by atoms with Crippen molar-refractivity contribution < 1.29 is 17.7 Å². The van der Waals surface area contributed by atoms with E-state index in [0.717, 1.165) is 111 Å². The zero-order valence-electron chi connectivity index (χ0n) is 66.0. The van der Waals surface area contributed by atoms with Gasteiger partial charge in [-0.2, -0.15) is 0 Å². The number of furan rings is 4. The molecular weight excluding hydrogens is 1390 g/mol. The number of pyridine rings is 4. The van der Waals surface area contributed by atoms with Crippen LogP contribution in [0.1, 0.15) is 86.6 Å². The Morgan fingerprint density at radius 1 is 0.277 bits per heavy atom. The van der Waals surface area contributed by atoms with E-state index >= 15 is 0 Å². The van der Waals surface area contributed by atoms with Crippen LogP contribution in [0.4, 0.5) is 68.2 Å². The van der Waals surface area contributed by atoms with Gasteiger partial charge < -0.3 is 56.9 Å². The van der Waals surface area contributed by atoms with Crippen LogP contribution in [-0.4, -0.2) is 57.7 Å². The lowest BCUT2D eigenvalue weighted by molar-refractivity contribution is 0.601. The van der Waals surface area contributed by atoms with Crippen LogP contribution in [0.2, 0.25) is 0 Å². The zero-order chi connectivity index (χ0) is 77.2. The molecule has 0 radical (unpaired) electrons. The number of anilines is 12. The Balaban J connectivity index is 0.000000104. The van der Waals surface area contributed by atoms with Gasteiger partial charge in [0.15, 0.2) is 22.3 Å². The molecule has 16 heteroatoms. The van der Waals surface area contributed by atoms with Crippen LogP contribution in [-0.2, 0) is 0 Å². The summed E-state index contributed by atoms with van der Waals surface area (Å²) in [5.41, 5.74) is 29.2. The minimum absolute atomic E-state index is 0.0898. The molecule has 8 aromatic heterocycles. The third-order valence-corrected chi connectivity index (χ3v) is 22.9. The maximum absolute atomic E-state index is 6.39. The van der Waals surface area contributed by atoms with Crippen LogP contribution in [0.15, 0.2) is 261 Å². The lowest BCUT2D eigenvalue weighted by Crippen LogP contribution is -2.42. The maximum Gasteiger partial charge on any atom is 0.227 e. The predicted molar refractivity (Wildman–Crippen MR) is 463 cm³/mol. The summed E-state index contributed by atoms with van der Waals surface area (Å²) in [5.74, 6) is 0. The number of nitrogens with zero attached hydrogens (tertiary/aromatic N) is 12. The van der Waals surface area contributed by atoms with Gasteiger partial charge in [-0.15, -0.1) is 0 Å². The quantitative estimate of drug-likeness (QED) is 0.150. The second-order valence-corrected chi connectivity index (χ2v) is 30.4. The summed E-state index contributed by atoms with van der Waals surface area (Å²) in [5, 5.41) is 8.71. The molecule has 0 saturated heterocycles. The van der Waals surface area contributed by atoms with Crippen molar-refractivity contribution in [3.05, 3.63) is 288 Å². The molecule has 0 bridgehead atoms. The van der Waals surface area contributed by atoms with Gasteiger partial charge >= 0.3 is 0 Å². The minimum Gasteiger partial charge on any atom is -0.435 e. The maximum atomic E-state index is 6.39. The van der Waals surface area contributed by atoms with Crippen LogP contribution in [0, 0.1) is 55.4 Å². The van der Waals surface area contributed by atoms with Gasteiger partial charge in [0.2, 0.25) is 22.9 Å². The Bertz CT molecular complexity index is 6560. The van der Waals surface area contributed by atoms with Crippen molar-refractivity contribution in [2.75, 3.05) is 46.2 Å². The highest BCUT2D eigenvalue weighted by atomic mass is 16.4. The summed E-state index contributed by atoms with van der Waals surface area (Å²) in [6, 6.07) is 81.1. The summed E-state index contributed by atoms with van der Waals surface area (Å²) in [6.45, 7) is 30.0. The minimum atomic E-state index is 0.0898. The summed E-state index contributed by atoms with van der Waals surface area (Å²) in [4.78, 5) is 37.3. The lowest BCUT2D eigenvalue weighted by Gasteiger charge is -2.33. The van der Waals surface area contributed by atoms with Gasteiger partial charge in [0.1, 0.15) is 24.7 Å². The van der Waals surface area contributed by atoms with Gasteiger partial charge in [-0.05, 0) is 228 Å². The first kappa shape index (κ1) is 70.6. The van der Waals surface area contributed by atoms with Crippen molar-refractivity contribution in [3.63, 3.8) is 0 Å². The second kappa shape index (κ2) is 27.8. The fourth-order valence-corrected chi connectivity index (χ4v) is 17.4. The second-order valence-electron chi connectivity index (χ2n) is 30.4. The standard InChI is InChI=1S/C27H23N3O.C24H25N3O.C23H21N3O.C22H21N3O/c1-17-13-15-21-22-16-14-18(2)28-27(22)31-26(21)25(17)30-19(3)29(20-9-5-4-6-10-20)23-11-7-8-12-24(23)30;1-14(2)26-17(5)27(21-9-7-6-8-20(21)26)22-15(3)10-12-18-19-13-11-16(4)25-24(19)28-23(18)22;1-15-9-11-19-20-12-10-16(2)24-23(20)27-22(19)21(15)26-14-13-25(17(26)3)18-7-5-4-6-8-18;1-13-9-11-16-17-12-10-14(2)23-22(17)26-21(16)20(13)25-15(3)24(4)18-7-5-6-8-19(18)25/h4-16,19H,1-3H3;6-14,17H,1-5H3;4-14,17H,1-3H3;5-12,15H,1-4H3. The molecule has 0 spiro atoms. The molecule has 0 aliphatic carbocycles. The summed E-state index contributed by atoms with van der Waals surface area (Å²) >= 11 is 0. The van der Waals surface area contributed by atoms with E-state index in [9.17, 15) is 0 Å². The SMILES string of the molecule is Cc1ccc2c(n1)oc1c(N3C=CN(c4ccccc4)C3C)c(C)ccc12.Cc1ccc2c(n1)oc1c(N3c4ccccc4N(C(C)C)C3C)c(C)ccc12.Cc1ccc2c(n1)oc1c(N3c4ccccc4N(C)C3C)c(C)ccc12.Cc1ccc2c(n1)oc1c(N3c4ccccc4N(c4ccccc4)C3C)c(C)ccc12. The summed E-state index contributed by atoms with van der Waals surface area (Å²) in [7, 11) is 2.14. The van der Waals surface area contributed by atoms with Crippen molar-refractivity contribution in [2.24, 2.45) is 0 Å². The number of hydrogen-bond acceptors (Lipinski definition) is 16. The first-order valence-corrected chi connectivity index (χ1v) is 38.8. The van der Waals surface area contributed by atoms with E-state index in [2.05, 4.69) is 348 Å². The number of aromatic nitrogens is 4. The van der Waals surface area contributed by atoms with Gasteiger partial charge in [-0.1, -0.05) is 121 Å². The van der Waals surface area contributed by atoms with Crippen molar-refractivity contribution in [3.8, 4) is 0 Å². The molecule has 112 heavy (non-hydrogen) atoms. The normalized spacial score (nSPS) is 16.4. The van der Waals surface area contributed by atoms with E-state index in [-0.39, 0.29) is 24.7 Å². The highest BCUT2D eigenvalue weighted by molar-refractivity contribution is 6.14. The number of benzene rings is 9. The molecule has 17 aromatic rings. The third-order valence-electron chi connectivity index (χ3n) is 22.9. The largest absolute Gasteiger partial charge is 0.435 e. The van der Waals surface area contributed by atoms with Crippen molar-refractivity contribution >= 4 is 157 Å². The van der Waals surface area contributed by atoms with E-state index in [1.807, 2.05) is 58.0 Å². The van der Waals surface area contributed by atoms with Crippen LogP contribution in [0.25, 0.3) is 88.3 Å². The van der Waals surface area contributed by atoms with E-state index < -0.39 is 0 Å². The van der Waals surface area contributed by atoms with E-state index in [1.165, 1.54) is 67.8 Å². The molecule has 558 valence electrons. The number of hydrogen-bond donors (Lipinski definition) is 0. The Labute approximate surface area is 652 Å². The molecule has 4 aliphatic rings. The molecule has 4 atom stereocenters. The molecule has 9 aromatic carbocycles. The zero-order valence-corrected chi connectivity index (χ0v) is 66.0. The highest BCUT2D eigenvalue weighted by Gasteiger charge is 2.40. The van der Waals surface area contributed by atoms with E-state index in [0.29, 0.717) is 28.9 Å². The summed E-state index contributed by atoms with van der Waals surface area (Å²) in [6.07, 6.45) is 4.91. The highest BCUT2D eigenvalue weighted by Crippen LogP contribution is 2.54. The number of fused-ring (bicyclic) bond motifs is 15. The molecule has 4 aliphatic heterocycles. The molecule has 16 nitrogen and oxygen atoms in total. The monoisotopic (exact) mass is 1470 g/mol. The van der Waals surface area contributed by atoms with Gasteiger partial charge in [-0.25, -0.2) is 19.9 Å². The van der Waals surface area contributed by atoms with E-state index in [4.69, 9.17) is 17.7 Å². The number of rotatable bonds is 7. The van der Waals surface area contributed by atoms with Gasteiger partial charge in [-0.3, -0.25) is 0 Å². The van der Waals surface area contributed by atoms with Crippen LogP contribution in [0.3, 0.4) is 0 Å². The predicted octanol–water partition coefficient (Wildman–Crippen LogP) is 24.8. The Kier molecular flexibility index (Phi) is 17.5. The molecule has 0 amide bonds. The summed E-state index contributed by atoms with van der Waals surface area (Å²) < 4.78 is 25.3. The molecule has 0 fully saturated rings. The topological polar surface area (TPSA) is 130 Å². The fraction of sp³-hybridized carbons (Fsp3) is 0.208. The fourth-order valence-electron chi connectivity index (χ4n) is 17.4. The molecular formula is C96H90N12O4. The molecule has 0 N–H and O–H groups in total. The van der Waals surface area contributed by atoms with Gasteiger partial charge in [0, 0.05) is 103 Å². The Hall–Kier alpha value is -13.1. The van der Waals surface area contributed by atoms with Crippen molar-refractivity contribution in [2.45, 2.75) is 128 Å². The average Bonchev–Trinajstić information content (AvgIpc) is 1.40. The Morgan fingerprint density at radius 2 is 0.580 bits per heavy atom. The first-order chi connectivity index (χ1) is 54.3. The molecule has 21 rings (SSSR count). The van der Waals surface area contributed by atoms with Gasteiger partial charge in [0.25, 0.3) is 0 Å².